The first-order valence-electron chi connectivity index (χ1n) is 8.27. The third kappa shape index (κ3) is 4.05. The maximum atomic E-state index is 12.4. The molecule has 2 aromatic carbocycles. The van der Waals surface area contributed by atoms with Crippen LogP contribution in [0.1, 0.15) is 26.3 Å². The minimum absolute atomic E-state index is 0.00157. The van der Waals surface area contributed by atoms with Crippen molar-refractivity contribution in [2.45, 2.75) is 33.3 Å². The average Bonchev–Trinajstić information content (AvgIpc) is 2.98. The first kappa shape index (κ1) is 18.4. The number of nitro groups is 1. The highest BCUT2D eigenvalue weighted by molar-refractivity contribution is 5.87. The minimum Gasteiger partial charge on any atom is -0.457 e. The van der Waals surface area contributed by atoms with Crippen molar-refractivity contribution in [3.05, 3.63) is 58.4 Å². The maximum absolute atomic E-state index is 12.4. The monoisotopic (exact) mass is 369 g/mol. The van der Waals surface area contributed by atoms with Gasteiger partial charge in [-0.25, -0.2) is 14.3 Å². The lowest BCUT2D eigenvalue weighted by molar-refractivity contribution is -0.384. The molecule has 3 aromatic rings. The number of nitro benzene ring substituents is 1. The standard InChI is InChI=1S/C19H19N3O5/c1-12-9-13(22(24)25)5-8-17(12)26-14-6-7-15-16(10-14)21(11-20-15)18(23)27-19(2,3)4/h5-11H,1-4H3. The quantitative estimate of drug-likeness (QED) is 0.485. The van der Waals surface area contributed by atoms with Gasteiger partial charge in [0.25, 0.3) is 5.69 Å². The van der Waals surface area contributed by atoms with Crippen LogP contribution < -0.4 is 4.74 Å². The van der Waals surface area contributed by atoms with E-state index in [0.29, 0.717) is 28.1 Å². The highest BCUT2D eigenvalue weighted by atomic mass is 16.6. The predicted molar refractivity (Wildman–Crippen MR) is 99.3 cm³/mol. The lowest BCUT2D eigenvalue weighted by atomic mass is 10.2. The molecule has 0 saturated heterocycles. The van der Waals surface area contributed by atoms with Gasteiger partial charge in [-0.2, -0.15) is 0 Å². The molecule has 0 radical (unpaired) electrons. The largest absolute Gasteiger partial charge is 0.457 e. The van der Waals surface area contributed by atoms with Gasteiger partial charge in [0, 0.05) is 18.2 Å². The van der Waals surface area contributed by atoms with Crippen molar-refractivity contribution in [2.24, 2.45) is 0 Å². The molecular weight excluding hydrogens is 350 g/mol. The summed E-state index contributed by atoms with van der Waals surface area (Å²) in [7, 11) is 0. The van der Waals surface area contributed by atoms with Crippen LogP contribution in [-0.4, -0.2) is 26.2 Å². The van der Waals surface area contributed by atoms with Crippen LogP contribution in [0.3, 0.4) is 0 Å². The van der Waals surface area contributed by atoms with Crippen molar-refractivity contribution < 1.29 is 19.2 Å². The summed E-state index contributed by atoms with van der Waals surface area (Å²) in [6, 6.07) is 9.49. The van der Waals surface area contributed by atoms with Gasteiger partial charge in [-0.05, 0) is 51.5 Å². The summed E-state index contributed by atoms with van der Waals surface area (Å²) in [6.45, 7) is 7.09. The fourth-order valence-electron chi connectivity index (χ4n) is 2.50. The molecule has 8 heteroatoms. The number of nitrogens with zero attached hydrogens (tertiary/aromatic N) is 3. The second-order valence-corrected chi connectivity index (χ2v) is 7.05. The molecule has 140 valence electrons. The average molecular weight is 369 g/mol. The Kier molecular flexibility index (Phi) is 4.57. The van der Waals surface area contributed by atoms with E-state index in [4.69, 9.17) is 9.47 Å². The SMILES string of the molecule is Cc1cc([N+](=O)[O-])ccc1Oc1ccc2ncn(C(=O)OC(C)(C)C)c2c1. The van der Waals surface area contributed by atoms with E-state index in [9.17, 15) is 14.9 Å². The number of rotatable bonds is 3. The van der Waals surface area contributed by atoms with Gasteiger partial charge < -0.3 is 9.47 Å². The maximum Gasteiger partial charge on any atom is 0.420 e. The van der Waals surface area contributed by atoms with Crippen LogP contribution in [0.25, 0.3) is 11.0 Å². The van der Waals surface area contributed by atoms with Gasteiger partial charge >= 0.3 is 6.09 Å². The number of benzene rings is 2. The number of imidazole rings is 1. The number of hydrogen-bond donors (Lipinski definition) is 0. The third-order valence-corrected chi connectivity index (χ3v) is 3.71. The van der Waals surface area contributed by atoms with Crippen LogP contribution in [0, 0.1) is 17.0 Å². The lowest BCUT2D eigenvalue weighted by Crippen LogP contribution is -2.26. The molecule has 0 spiro atoms. The van der Waals surface area contributed by atoms with Gasteiger partial charge in [0.15, 0.2) is 0 Å². The summed E-state index contributed by atoms with van der Waals surface area (Å²) in [6.07, 6.45) is 0.869. The van der Waals surface area contributed by atoms with E-state index in [0.717, 1.165) is 0 Å². The highest BCUT2D eigenvalue weighted by Crippen LogP contribution is 2.30. The van der Waals surface area contributed by atoms with Crippen molar-refractivity contribution in [3.8, 4) is 11.5 Å². The number of ether oxygens (including phenoxy) is 2. The lowest BCUT2D eigenvalue weighted by Gasteiger charge is -2.19. The zero-order valence-electron chi connectivity index (χ0n) is 15.4. The molecule has 0 aliphatic carbocycles. The number of non-ortho nitro benzene ring substituents is 1. The molecule has 0 atom stereocenters. The summed E-state index contributed by atoms with van der Waals surface area (Å²) in [4.78, 5) is 26.9. The Balaban J connectivity index is 1.92. The van der Waals surface area contributed by atoms with Crippen molar-refractivity contribution in [2.75, 3.05) is 0 Å². The molecule has 8 nitrogen and oxygen atoms in total. The Labute approximate surface area is 155 Å². The third-order valence-electron chi connectivity index (χ3n) is 3.71. The molecule has 0 amide bonds. The van der Waals surface area contributed by atoms with E-state index < -0.39 is 16.6 Å². The van der Waals surface area contributed by atoms with Gasteiger partial charge in [-0.3, -0.25) is 10.1 Å². The molecule has 0 fully saturated rings. The van der Waals surface area contributed by atoms with Crippen molar-refractivity contribution in [3.63, 3.8) is 0 Å². The van der Waals surface area contributed by atoms with Crippen LogP contribution in [-0.2, 0) is 4.74 Å². The number of aromatic nitrogens is 2. The summed E-state index contributed by atoms with van der Waals surface area (Å²) in [5.74, 6) is 0.966. The van der Waals surface area contributed by atoms with Crippen LogP contribution in [0.5, 0.6) is 11.5 Å². The van der Waals surface area contributed by atoms with E-state index >= 15 is 0 Å². The number of hydrogen-bond acceptors (Lipinski definition) is 6. The van der Waals surface area contributed by atoms with Crippen molar-refractivity contribution >= 4 is 22.8 Å². The first-order chi connectivity index (χ1) is 12.6. The number of carbonyl (C=O) groups excluding carboxylic acids is 1. The fourth-order valence-corrected chi connectivity index (χ4v) is 2.50. The normalized spacial score (nSPS) is 11.4. The topological polar surface area (TPSA) is 96.5 Å². The molecule has 1 heterocycles. The number of aryl methyl sites for hydroxylation is 1. The smallest absolute Gasteiger partial charge is 0.420 e. The first-order valence-corrected chi connectivity index (χ1v) is 8.27. The number of fused-ring (bicyclic) bond motifs is 1. The molecule has 0 N–H and O–H groups in total. The summed E-state index contributed by atoms with van der Waals surface area (Å²) in [5.41, 5.74) is 1.16. The molecule has 0 bridgehead atoms. The van der Waals surface area contributed by atoms with Gasteiger partial charge in [0.2, 0.25) is 0 Å². The van der Waals surface area contributed by atoms with Gasteiger partial charge in [0.05, 0.1) is 16.0 Å². The zero-order valence-corrected chi connectivity index (χ0v) is 15.4. The van der Waals surface area contributed by atoms with Crippen molar-refractivity contribution in [1.82, 2.24) is 9.55 Å². The summed E-state index contributed by atoms with van der Waals surface area (Å²) in [5, 5.41) is 10.9. The van der Waals surface area contributed by atoms with E-state index in [-0.39, 0.29) is 5.69 Å². The Morgan fingerprint density at radius 2 is 1.93 bits per heavy atom. The Morgan fingerprint density at radius 1 is 1.19 bits per heavy atom. The van der Waals surface area contributed by atoms with Crippen LogP contribution >= 0.6 is 0 Å². The molecule has 0 saturated carbocycles. The Hall–Kier alpha value is -3.42. The second kappa shape index (κ2) is 6.71. The molecule has 0 unspecified atom stereocenters. The van der Waals surface area contributed by atoms with Gasteiger partial charge in [0.1, 0.15) is 23.4 Å². The fraction of sp³-hybridized carbons (Fsp3) is 0.263. The Bertz CT molecular complexity index is 1030. The predicted octanol–water partition coefficient (Wildman–Crippen LogP) is 4.83. The molecule has 27 heavy (non-hydrogen) atoms. The van der Waals surface area contributed by atoms with E-state index in [1.54, 1.807) is 52.0 Å². The summed E-state index contributed by atoms with van der Waals surface area (Å²) < 4.78 is 12.5. The zero-order chi connectivity index (χ0) is 19.8. The minimum atomic E-state index is -0.627. The number of carbonyl (C=O) groups is 1. The summed E-state index contributed by atoms with van der Waals surface area (Å²) >= 11 is 0. The van der Waals surface area contributed by atoms with Crippen molar-refractivity contribution in [1.29, 1.82) is 0 Å². The van der Waals surface area contributed by atoms with Gasteiger partial charge in [-0.15, -0.1) is 0 Å². The molecule has 0 aliphatic heterocycles. The van der Waals surface area contributed by atoms with E-state index in [1.807, 2.05) is 0 Å². The second-order valence-electron chi connectivity index (χ2n) is 7.05. The van der Waals surface area contributed by atoms with Crippen LogP contribution in [0.2, 0.25) is 0 Å². The van der Waals surface area contributed by atoms with Crippen LogP contribution in [0.15, 0.2) is 42.7 Å². The highest BCUT2D eigenvalue weighted by Gasteiger charge is 2.20. The molecular formula is C19H19N3O5. The van der Waals surface area contributed by atoms with Gasteiger partial charge in [-0.1, -0.05) is 0 Å². The molecule has 0 aliphatic rings. The molecule has 1 aromatic heterocycles. The Morgan fingerprint density at radius 3 is 2.56 bits per heavy atom. The molecule has 3 rings (SSSR count). The van der Waals surface area contributed by atoms with E-state index in [1.165, 1.54) is 23.0 Å². The van der Waals surface area contributed by atoms with E-state index in [2.05, 4.69) is 4.98 Å². The van der Waals surface area contributed by atoms with Crippen LogP contribution in [0.4, 0.5) is 10.5 Å².